The molecule has 0 fully saturated rings. The van der Waals surface area contributed by atoms with Crippen molar-refractivity contribution in [3.05, 3.63) is 307 Å². The van der Waals surface area contributed by atoms with Crippen molar-refractivity contribution in [2.45, 2.75) is 115 Å². The minimum absolute atomic E-state index is 0.0534. The molecule has 17 rings (SSSR count). The van der Waals surface area contributed by atoms with E-state index in [1.165, 1.54) is 132 Å². The molecule has 0 N–H and O–H groups in total. The van der Waals surface area contributed by atoms with Crippen LogP contribution in [0.15, 0.2) is 295 Å². The molecule has 0 saturated heterocycles. The Morgan fingerprint density at radius 3 is 1.06 bits per heavy atom. The average molecular weight is 1310 g/mol. The third-order valence-electron chi connectivity index (χ3n) is 21.5. The van der Waals surface area contributed by atoms with Crippen molar-refractivity contribution in [3.63, 3.8) is 0 Å². The highest BCUT2D eigenvalue weighted by Gasteiger charge is 2.49. The molecule has 3 nitrogen and oxygen atoms in total. The van der Waals surface area contributed by atoms with Gasteiger partial charge in [0.2, 0.25) is 6.71 Å². The Kier molecular flexibility index (Phi) is 15.0. The van der Waals surface area contributed by atoms with E-state index in [9.17, 15) is 0 Å². The molecule has 0 spiro atoms. The van der Waals surface area contributed by atoms with Gasteiger partial charge in [0.25, 0.3) is 6.71 Å². The van der Waals surface area contributed by atoms with Gasteiger partial charge in [-0.3, -0.25) is 0 Å². The van der Waals surface area contributed by atoms with Gasteiger partial charge in [-0.2, -0.15) is 0 Å². The molecule has 0 atom stereocenters. The predicted octanol–water partition coefficient (Wildman–Crippen LogP) is 22.1. The van der Waals surface area contributed by atoms with Crippen LogP contribution in [0.4, 0.5) is 51.2 Å². The van der Waals surface area contributed by atoms with Gasteiger partial charge in [0.05, 0.1) is 11.4 Å². The molecule has 486 valence electrons. The summed E-state index contributed by atoms with van der Waals surface area (Å²) in [6.07, 6.45) is 0. The van der Waals surface area contributed by atoms with Crippen molar-refractivity contribution in [2.75, 3.05) is 14.7 Å². The van der Waals surface area contributed by atoms with E-state index in [0.29, 0.717) is 0 Å². The van der Waals surface area contributed by atoms with Crippen molar-refractivity contribution in [3.8, 4) is 55.6 Å². The lowest BCUT2D eigenvalue weighted by Crippen LogP contribution is -2.65. The topological polar surface area (TPSA) is 9.72 Å². The summed E-state index contributed by atoms with van der Waals surface area (Å²) in [4.78, 5) is 10.8. The summed E-state index contributed by atoms with van der Waals surface area (Å²) in [6.45, 7) is 28.0. The predicted molar refractivity (Wildman–Crippen MR) is 432 cm³/mol. The molecular formula is C94H83B2N3S. The van der Waals surface area contributed by atoms with Crippen molar-refractivity contribution >= 4 is 109 Å². The molecule has 13 aromatic carbocycles. The zero-order chi connectivity index (χ0) is 68.7. The third kappa shape index (κ3) is 10.6. The molecule has 4 heterocycles. The second kappa shape index (κ2) is 23.7. The number of rotatable bonds is 8. The van der Waals surface area contributed by atoms with Gasteiger partial charge in [-0.05, 0) is 159 Å². The number of fused-ring (bicyclic) bond motifs is 8. The number of hydrogen-bond donors (Lipinski definition) is 0. The lowest BCUT2D eigenvalue weighted by Gasteiger charge is -2.47. The minimum Gasteiger partial charge on any atom is -0.311 e. The maximum atomic E-state index is 2.74. The van der Waals surface area contributed by atoms with Crippen LogP contribution in [0, 0.1) is 0 Å². The van der Waals surface area contributed by atoms with E-state index in [0.717, 1.165) is 39.6 Å². The van der Waals surface area contributed by atoms with Crippen LogP contribution in [0.1, 0.15) is 105 Å². The maximum absolute atomic E-state index is 2.74. The Bertz CT molecular complexity index is 5260. The Labute approximate surface area is 597 Å². The SMILES string of the molecule is CC(C)(C)c1ccc(N2c3cc4c(cc3B3c5ccc(C(C)(C)C)cc5N(c5c(-c6ccccc6)cccc5-c5ccccc5)c5cc(-c6ccccc6)cc2c53)B2c3ccc(C(C)(C)C)cc3Sc3cc(C(C)(C)C)cc(c32)N4c2c(-c3ccccc3)cccc2-c2ccccc2)cc1. The van der Waals surface area contributed by atoms with Crippen LogP contribution in [0.3, 0.4) is 0 Å². The monoisotopic (exact) mass is 1310 g/mol. The molecular weight excluding hydrogens is 1220 g/mol. The molecule has 0 aromatic heterocycles. The highest BCUT2D eigenvalue weighted by atomic mass is 32.2. The number of benzene rings is 13. The average Bonchev–Trinajstić information content (AvgIpc) is 0.683. The Hall–Kier alpha value is -10.3. The normalized spacial score (nSPS) is 13.7. The van der Waals surface area contributed by atoms with Gasteiger partial charge in [0, 0.05) is 71.9 Å². The molecule has 4 aliphatic rings. The first-order chi connectivity index (χ1) is 48.2. The fourth-order valence-corrected chi connectivity index (χ4v) is 17.5. The smallest absolute Gasteiger partial charge is 0.252 e. The largest absolute Gasteiger partial charge is 0.311 e. The Morgan fingerprint density at radius 2 is 0.600 bits per heavy atom. The van der Waals surface area contributed by atoms with E-state index in [2.05, 4.69) is 383 Å². The summed E-state index contributed by atoms with van der Waals surface area (Å²) in [5.74, 6) is 0. The fourth-order valence-electron chi connectivity index (χ4n) is 16.2. The summed E-state index contributed by atoms with van der Waals surface area (Å²) in [5.41, 5.74) is 34.8. The molecule has 0 bridgehead atoms. The molecule has 100 heavy (non-hydrogen) atoms. The summed E-state index contributed by atoms with van der Waals surface area (Å²) >= 11 is 1.97. The second-order valence-electron chi connectivity index (χ2n) is 32.1. The quantitative estimate of drug-likeness (QED) is 0.140. The number of para-hydroxylation sites is 2. The third-order valence-corrected chi connectivity index (χ3v) is 22.6. The molecule has 6 heteroatoms. The van der Waals surface area contributed by atoms with Gasteiger partial charge in [-0.1, -0.05) is 331 Å². The lowest BCUT2D eigenvalue weighted by atomic mass is 9.30. The fraction of sp³-hybridized carbons (Fsp3) is 0.170. The van der Waals surface area contributed by atoms with Crippen LogP contribution < -0.4 is 47.5 Å². The number of hydrogen-bond acceptors (Lipinski definition) is 4. The molecule has 0 radical (unpaired) electrons. The van der Waals surface area contributed by atoms with Crippen LogP contribution in [-0.4, -0.2) is 13.4 Å². The Balaban J connectivity index is 1.06. The second-order valence-corrected chi connectivity index (χ2v) is 33.2. The first-order valence-electron chi connectivity index (χ1n) is 35.7. The number of nitrogens with zero attached hydrogens (tertiary/aromatic N) is 3. The van der Waals surface area contributed by atoms with Gasteiger partial charge in [-0.15, -0.1) is 0 Å². The molecule has 13 aromatic rings. The van der Waals surface area contributed by atoms with Crippen molar-refractivity contribution in [1.82, 2.24) is 0 Å². The van der Waals surface area contributed by atoms with Crippen molar-refractivity contribution in [1.29, 1.82) is 0 Å². The van der Waals surface area contributed by atoms with Crippen LogP contribution in [0.2, 0.25) is 0 Å². The van der Waals surface area contributed by atoms with E-state index in [4.69, 9.17) is 0 Å². The van der Waals surface area contributed by atoms with Crippen molar-refractivity contribution < 1.29 is 0 Å². The lowest BCUT2D eigenvalue weighted by molar-refractivity contribution is 0.588. The minimum atomic E-state index is -0.209. The van der Waals surface area contributed by atoms with Gasteiger partial charge < -0.3 is 14.7 Å². The summed E-state index contributed by atoms with van der Waals surface area (Å²) in [7, 11) is 0. The van der Waals surface area contributed by atoms with Crippen LogP contribution in [0.5, 0.6) is 0 Å². The van der Waals surface area contributed by atoms with Gasteiger partial charge in [0.1, 0.15) is 0 Å². The molecule has 0 saturated carbocycles. The molecule has 0 unspecified atom stereocenters. The van der Waals surface area contributed by atoms with E-state index < -0.39 is 0 Å². The molecule has 0 aliphatic carbocycles. The highest BCUT2D eigenvalue weighted by Crippen LogP contribution is 2.55. The summed E-state index contributed by atoms with van der Waals surface area (Å²) in [5, 5.41) is 0. The molecule has 0 amide bonds. The number of anilines is 9. The van der Waals surface area contributed by atoms with E-state index in [1.54, 1.807) is 0 Å². The van der Waals surface area contributed by atoms with E-state index >= 15 is 0 Å². The van der Waals surface area contributed by atoms with Gasteiger partial charge in [-0.25, -0.2) is 0 Å². The standard InChI is InChI=1S/C94H83B2N3S/c1-91(2,3)66-44-48-70(49-45-66)97-80-59-81-78(96-76-51-47-68(93(7,8)9)56-85(76)100-86-57-69(94(10,11)12)55-84(88(86)96)99(81)90-73(63-36-24-16-25-37-63)42-29-43-74(90)64-38-26-17-27-39-64)58-77(80)95-75-50-46-67(92(4,5)6)54-79(75)98(83-53-65(52-82(97)87(83)95)60-30-18-13-19-31-60)89-71(61-32-20-14-21-33-61)40-28-41-72(89)62-34-22-15-23-35-62/h13-59H,1-12H3. The summed E-state index contributed by atoms with van der Waals surface area (Å²) in [6, 6.07) is 110. The van der Waals surface area contributed by atoms with Crippen LogP contribution in [-0.2, 0) is 21.7 Å². The van der Waals surface area contributed by atoms with E-state index in [-0.39, 0.29) is 35.1 Å². The van der Waals surface area contributed by atoms with Crippen LogP contribution >= 0.6 is 11.8 Å². The first-order valence-corrected chi connectivity index (χ1v) is 36.5. The van der Waals surface area contributed by atoms with Crippen LogP contribution in [0.25, 0.3) is 55.6 Å². The highest BCUT2D eigenvalue weighted by molar-refractivity contribution is 8.00. The first kappa shape index (κ1) is 63.2. The maximum Gasteiger partial charge on any atom is 0.252 e. The van der Waals surface area contributed by atoms with E-state index in [1.807, 2.05) is 11.8 Å². The Morgan fingerprint density at radius 1 is 0.240 bits per heavy atom. The van der Waals surface area contributed by atoms with Gasteiger partial charge in [0.15, 0.2) is 0 Å². The zero-order valence-corrected chi connectivity index (χ0v) is 60.4. The van der Waals surface area contributed by atoms with Crippen molar-refractivity contribution in [2.24, 2.45) is 0 Å². The van der Waals surface area contributed by atoms with Gasteiger partial charge >= 0.3 is 0 Å². The molecule has 4 aliphatic heterocycles. The summed E-state index contributed by atoms with van der Waals surface area (Å²) < 4.78 is 0. The zero-order valence-electron chi connectivity index (χ0n) is 59.5.